The molecule has 3 nitrogen and oxygen atoms in total. The fourth-order valence-corrected chi connectivity index (χ4v) is 0.978. The lowest BCUT2D eigenvalue weighted by Crippen LogP contribution is -2.37. The van der Waals surface area contributed by atoms with Crippen LogP contribution in [0.25, 0.3) is 0 Å². The number of hydrogen-bond acceptors (Lipinski definition) is 3. The van der Waals surface area contributed by atoms with E-state index < -0.39 is 17.9 Å². The summed E-state index contributed by atoms with van der Waals surface area (Å²) in [6, 6.07) is 0. The van der Waals surface area contributed by atoms with E-state index >= 15 is 0 Å². The second-order valence-electron chi connectivity index (χ2n) is 2.68. The molecular formula is C8H11FO3. The molecule has 0 aliphatic heterocycles. The lowest BCUT2D eigenvalue weighted by Gasteiger charge is -2.22. The lowest BCUT2D eigenvalue weighted by atomic mass is 10.2. The second kappa shape index (κ2) is 3.23. The summed E-state index contributed by atoms with van der Waals surface area (Å²) in [6.07, 6.45) is 1.56. The highest BCUT2D eigenvalue weighted by molar-refractivity contribution is 5.69. The number of esters is 1. The first-order valence-corrected chi connectivity index (χ1v) is 3.85. The van der Waals surface area contributed by atoms with Crippen LogP contribution in [0.15, 0.2) is 12.2 Å². The van der Waals surface area contributed by atoms with Gasteiger partial charge in [-0.1, -0.05) is 13.0 Å². The Morgan fingerprint density at radius 2 is 2.58 bits per heavy atom. The summed E-state index contributed by atoms with van der Waals surface area (Å²) in [5, 5.41) is 9.08. The van der Waals surface area contributed by atoms with Crippen LogP contribution < -0.4 is 0 Å². The number of hydrogen-bond donors (Lipinski definition) is 1. The summed E-state index contributed by atoms with van der Waals surface area (Å²) in [5.41, 5.74) is 0. The van der Waals surface area contributed by atoms with Gasteiger partial charge in [0, 0.05) is 6.42 Å². The number of aliphatic hydroxyl groups excluding tert-OH is 1. The highest BCUT2D eigenvalue weighted by Crippen LogP contribution is 2.29. The molecule has 4 heteroatoms. The van der Waals surface area contributed by atoms with Crippen molar-refractivity contribution in [3.05, 3.63) is 12.2 Å². The Hall–Kier alpha value is -0.900. The Bertz CT molecular complexity index is 214. The molecule has 0 heterocycles. The molecule has 0 bridgehead atoms. The fraction of sp³-hybridized carbons (Fsp3) is 0.625. The molecular weight excluding hydrogens is 163 g/mol. The molecule has 0 aromatic carbocycles. The summed E-state index contributed by atoms with van der Waals surface area (Å²) in [4.78, 5) is 10.7. The normalized spacial score (nSPS) is 33.8. The van der Waals surface area contributed by atoms with Gasteiger partial charge in [0.25, 0.3) is 5.85 Å². The monoisotopic (exact) mass is 174 g/mol. The highest BCUT2D eigenvalue weighted by Gasteiger charge is 2.42. The van der Waals surface area contributed by atoms with Gasteiger partial charge in [-0.3, -0.25) is 4.79 Å². The van der Waals surface area contributed by atoms with E-state index in [0.29, 0.717) is 0 Å². The molecule has 1 aliphatic rings. The van der Waals surface area contributed by atoms with Gasteiger partial charge < -0.3 is 9.84 Å². The average molecular weight is 174 g/mol. The standard InChI is InChI=1S/C8H11FO3/c1-2-7(11)12-8(9)5-3-4-6(8)10/h3,5-6,10H,2,4H2,1H3/t6-,8+/m0/s1. The molecule has 0 spiro atoms. The van der Waals surface area contributed by atoms with E-state index in [4.69, 9.17) is 5.11 Å². The van der Waals surface area contributed by atoms with E-state index in [-0.39, 0.29) is 12.8 Å². The summed E-state index contributed by atoms with van der Waals surface area (Å²) in [7, 11) is 0. The smallest absolute Gasteiger partial charge is 0.308 e. The van der Waals surface area contributed by atoms with Gasteiger partial charge in [0.15, 0.2) is 0 Å². The number of rotatable bonds is 2. The minimum atomic E-state index is -2.30. The topological polar surface area (TPSA) is 46.5 Å². The van der Waals surface area contributed by atoms with Crippen molar-refractivity contribution in [2.75, 3.05) is 0 Å². The molecule has 0 amide bonds. The maximum absolute atomic E-state index is 13.4. The predicted molar refractivity (Wildman–Crippen MR) is 40.0 cm³/mol. The zero-order valence-corrected chi connectivity index (χ0v) is 6.79. The summed E-state index contributed by atoms with van der Waals surface area (Å²) >= 11 is 0. The van der Waals surface area contributed by atoms with Crippen LogP contribution in [0.3, 0.4) is 0 Å². The lowest BCUT2D eigenvalue weighted by molar-refractivity contribution is -0.189. The zero-order chi connectivity index (χ0) is 9.19. The van der Waals surface area contributed by atoms with E-state index in [0.717, 1.165) is 6.08 Å². The van der Waals surface area contributed by atoms with Crippen LogP contribution in [-0.2, 0) is 9.53 Å². The van der Waals surface area contributed by atoms with Crippen LogP contribution in [0.4, 0.5) is 4.39 Å². The Kier molecular flexibility index (Phi) is 2.47. The van der Waals surface area contributed by atoms with Crippen molar-refractivity contribution in [2.24, 2.45) is 0 Å². The summed E-state index contributed by atoms with van der Waals surface area (Å²) < 4.78 is 17.8. The minimum absolute atomic E-state index is 0.103. The zero-order valence-electron chi connectivity index (χ0n) is 6.79. The van der Waals surface area contributed by atoms with Crippen LogP contribution in [0.1, 0.15) is 19.8 Å². The van der Waals surface area contributed by atoms with Gasteiger partial charge in [0.2, 0.25) is 0 Å². The Labute approximate surface area is 69.8 Å². The van der Waals surface area contributed by atoms with Crippen molar-refractivity contribution in [1.29, 1.82) is 0 Å². The number of ether oxygens (including phenoxy) is 1. The van der Waals surface area contributed by atoms with E-state index in [1.807, 2.05) is 0 Å². The molecule has 0 saturated carbocycles. The molecule has 1 rings (SSSR count). The molecule has 2 atom stereocenters. The van der Waals surface area contributed by atoms with Gasteiger partial charge >= 0.3 is 5.97 Å². The first-order chi connectivity index (χ1) is 5.58. The summed E-state index contributed by atoms with van der Waals surface area (Å²) in [6.45, 7) is 1.57. The maximum atomic E-state index is 13.4. The van der Waals surface area contributed by atoms with Crippen LogP contribution in [0, 0.1) is 0 Å². The third-order valence-electron chi connectivity index (χ3n) is 1.72. The second-order valence-corrected chi connectivity index (χ2v) is 2.68. The quantitative estimate of drug-likeness (QED) is 0.500. The molecule has 0 aromatic rings. The Balaban J connectivity index is 2.60. The highest BCUT2D eigenvalue weighted by atomic mass is 19.2. The van der Waals surface area contributed by atoms with E-state index in [1.165, 1.54) is 6.08 Å². The molecule has 1 N–H and O–H groups in total. The first kappa shape index (κ1) is 9.19. The number of alkyl halides is 1. The summed E-state index contributed by atoms with van der Waals surface area (Å²) in [5.74, 6) is -2.95. The van der Waals surface area contributed by atoms with E-state index in [1.54, 1.807) is 6.92 Å². The average Bonchev–Trinajstić information content (AvgIpc) is 2.32. The molecule has 0 fully saturated rings. The fourth-order valence-electron chi connectivity index (χ4n) is 0.978. The molecule has 68 valence electrons. The Morgan fingerprint density at radius 1 is 1.92 bits per heavy atom. The van der Waals surface area contributed by atoms with Gasteiger partial charge in [-0.15, -0.1) is 0 Å². The van der Waals surface area contributed by atoms with Crippen LogP contribution in [0.2, 0.25) is 0 Å². The van der Waals surface area contributed by atoms with Crippen LogP contribution >= 0.6 is 0 Å². The van der Waals surface area contributed by atoms with Crippen LogP contribution in [0.5, 0.6) is 0 Å². The SMILES string of the molecule is CCC(=O)O[C@]1(F)C=CC[C@@H]1O. The molecule has 0 radical (unpaired) electrons. The van der Waals surface area contributed by atoms with Crippen molar-refractivity contribution >= 4 is 5.97 Å². The predicted octanol–water partition coefficient (Wildman–Crippen LogP) is 0.926. The number of carbonyl (C=O) groups is 1. The molecule has 0 aromatic heterocycles. The third kappa shape index (κ3) is 1.64. The number of carbonyl (C=O) groups excluding carboxylic acids is 1. The minimum Gasteiger partial charge on any atom is -0.422 e. The van der Waals surface area contributed by atoms with Crippen molar-refractivity contribution in [3.8, 4) is 0 Å². The van der Waals surface area contributed by atoms with Gasteiger partial charge in [-0.2, -0.15) is 4.39 Å². The molecule has 12 heavy (non-hydrogen) atoms. The van der Waals surface area contributed by atoms with Crippen molar-refractivity contribution in [1.82, 2.24) is 0 Å². The molecule has 0 unspecified atom stereocenters. The van der Waals surface area contributed by atoms with E-state index in [2.05, 4.69) is 4.74 Å². The van der Waals surface area contributed by atoms with Crippen molar-refractivity contribution < 1.29 is 19.0 Å². The Morgan fingerprint density at radius 3 is 3.00 bits per heavy atom. The third-order valence-corrected chi connectivity index (χ3v) is 1.72. The van der Waals surface area contributed by atoms with Gasteiger partial charge in [0.05, 0.1) is 0 Å². The molecule has 1 aliphatic carbocycles. The van der Waals surface area contributed by atoms with E-state index in [9.17, 15) is 9.18 Å². The maximum Gasteiger partial charge on any atom is 0.308 e. The number of halogens is 1. The van der Waals surface area contributed by atoms with Gasteiger partial charge in [-0.25, -0.2) is 0 Å². The molecule has 0 saturated heterocycles. The van der Waals surface area contributed by atoms with Crippen molar-refractivity contribution in [3.63, 3.8) is 0 Å². The van der Waals surface area contributed by atoms with Crippen molar-refractivity contribution in [2.45, 2.75) is 31.7 Å². The first-order valence-electron chi connectivity index (χ1n) is 3.85. The van der Waals surface area contributed by atoms with Gasteiger partial charge in [0.1, 0.15) is 6.10 Å². The van der Waals surface area contributed by atoms with Crippen LogP contribution in [-0.4, -0.2) is 23.0 Å². The number of aliphatic hydroxyl groups is 1. The van der Waals surface area contributed by atoms with Gasteiger partial charge in [-0.05, 0) is 12.5 Å². The largest absolute Gasteiger partial charge is 0.422 e.